The monoisotopic (exact) mass is 349 g/mol. The van der Waals surface area contributed by atoms with Crippen LogP contribution in [-0.4, -0.2) is 21.0 Å². The van der Waals surface area contributed by atoms with Crippen molar-refractivity contribution in [3.8, 4) is 5.69 Å². The minimum Gasteiger partial charge on any atom is -0.345 e. The molecule has 4 aliphatic rings. The average molecular weight is 349 g/mol. The fraction of sp³-hybridized carbons (Fsp3) is 0.545. The molecule has 1 N–H and O–H groups in total. The molecule has 26 heavy (non-hydrogen) atoms. The van der Waals surface area contributed by atoms with Crippen molar-refractivity contribution in [1.82, 2.24) is 14.9 Å². The number of carbonyl (C=O) groups is 1. The zero-order chi connectivity index (χ0) is 17.9. The van der Waals surface area contributed by atoms with Crippen molar-refractivity contribution >= 4 is 5.91 Å². The molecule has 2 aromatic rings. The number of hydrogen-bond donors (Lipinski definition) is 1. The molecule has 4 nitrogen and oxygen atoms in total. The van der Waals surface area contributed by atoms with Crippen LogP contribution in [0.15, 0.2) is 30.3 Å². The lowest BCUT2D eigenvalue weighted by Crippen LogP contribution is -2.59. The molecule has 0 unspecified atom stereocenters. The number of para-hydroxylation sites is 1. The van der Waals surface area contributed by atoms with Gasteiger partial charge in [-0.3, -0.25) is 4.79 Å². The summed E-state index contributed by atoms with van der Waals surface area (Å²) >= 11 is 0. The van der Waals surface area contributed by atoms with E-state index in [1.807, 2.05) is 32.0 Å². The van der Waals surface area contributed by atoms with Crippen LogP contribution in [-0.2, 0) is 0 Å². The summed E-state index contributed by atoms with van der Waals surface area (Å²) in [7, 11) is 0. The molecule has 1 heterocycles. The van der Waals surface area contributed by atoms with Gasteiger partial charge in [0.05, 0.1) is 5.69 Å². The molecule has 136 valence electrons. The lowest BCUT2D eigenvalue weighted by atomic mass is 9.53. The van der Waals surface area contributed by atoms with Gasteiger partial charge in [0.2, 0.25) is 0 Å². The van der Waals surface area contributed by atoms with Crippen LogP contribution in [0, 0.1) is 31.6 Å². The summed E-state index contributed by atoms with van der Waals surface area (Å²) in [5.41, 5.74) is 2.60. The lowest BCUT2D eigenvalue weighted by molar-refractivity contribution is -0.0167. The van der Waals surface area contributed by atoms with Gasteiger partial charge in [0.15, 0.2) is 0 Å². The van der Waals surface area contributed by atoms with Crippen molar-refractivity contribution in [3.05, 3.63) is 47.5 Å². The second kappa shape index (κ2) is 5.70. The van der Waals surface area contributed by atoms with E-state index in [9.17, 15) is 4.79 Å². The molecule has 4 saturated carbocycles. The molecule has 0 radical (unpaired) electrons. The summed E-state index contributed by atoms with van der Waals surface area (Å²) in [4.78, 5) is 17.8. The van der Waals surface area contributed by atoms with Gasteiger partial charge in [-0.15, -0.1) is 0 Å². The van der Waals surface area contributed by atoms with Gasteiger partial charge < -0.3 is 9.88 Å². The molecule has 0 atom stereocenters. The highest BCUT2D eigenvalue weighted by atomic mass is 16.2. The van der Waals surface area contributed by atoms with Crippen LogP contribution in [0.5, 0.6) is 0 Å². The third kappa shape index (κ3) is 2.50. The lowest BCUT2D eigenvalue weighted by Gasteiger charge is -2.56. The van der Waals surface area contributed by atoms with E-state index in [0.717, 1.165) is 35.0 Å². The Labute approximate surface area is 155 Å². The standard InChI is InChI=1S/C22H27N3O/c1-14-20(23-15(2)25(14)19-6-4-3-5-7-19)21(26)24-22-11-16-8-17(12-22)10-18(9-16)13-22/h3-7,16-18H,8-13H2,1-2H3,(H,24,26). The Kier molecular flexibility index (Phi) is 3.53. The number of benzene rings is 1. The SMILES string of the molecule is Cc1nc(C(=O)NC23CC4CC(CC(C4)C2)C3)c(C)n1-c1ccccc1. The van der Waals surface area contributed by atoms with Crippen LogP contribution in [0.2, 0.25) is 0 Å². The number of aromatic nitrogens is 2. The minimum atomic E-state index is 0.0160. The first-order chi connectivity index (χ1) is 12.5. The van der Waals surface area contributed by atoms with Gasteiger partial charge in [0, 0.05) is 11.2 Å². The predicted molar refractivity (Wildman–Crippen MR) is 101 cm³/mol. The molecule has 1 aromatic carbocycles. The first kappa shape index (κ1) is 16.1. The van der Waals surface area contributed by atoms with Crippen molar-refractivity contribution in [2.45, 2.75) is 57.9 Å². The molecular formula is C22H27N3O. The number of carbonyl (C=O) groups excluding carboxylic acids is 1. The number of hydrogen-bond acceptors (Lipinski definition) is 2. The van der Waals surface area contributed by atoms with Gasteiger partial charge in [-0.2, -0.15) is 0 Å². The minimum absolute atomic E-state index is 0.0160. The van der Waals surface area contributed by atoms with Crippen molar-refractivity contribution in [3.63, 3.8) is 0 Å². The highest BCUT2D eigenvalue weighted by Gasteiger charge is 2.51. The number of nitrogens with zero attached hydrogens (tertiary/aromatic N) is 2. The largest absolute Gasteiger partial charge is 0.345 e. The van der Waals surface area contributed by atoms with Crippen molar-refractivity contribution in [2.75, 3.05) is 0 Å². The first-order valence-corrected chi connectivity index (χ1v) is 9.97. The molecular weight excluding hydrogens is 322 g/mol. The van der Waals surface area contributed by atoms with Crippen LogP contribution in [0.25, 0.3) is 5.69 Å². The summed E-state index contributed by atoms with van der Waals surface area (Å²) in [6, 6.07) is 10.2. The summed E-state index contributed by atoms with van der Waals surface area (Å²) in [6.07, 6.45) is 7.66. The highest BCUT2D eigenvalue weighted by Crippen LogP contribution is 2.55. The Hall–Kier alpha value is -2.10. The van der Waals surface area contributed by atoms with Gasteiger partial charge >= 0.3 is 0 Å². The Morgan fingerprint density at radius 2 is 1.62 bits per heavy atom. The van der Waals surface area contributed by atoms with Gasteiger partial charge in [-0.1, -0.05) is 18.2 Å². The van der Waals surface area contributed by atoms with Crippen LogP contribution in [0.3, 0.4) is 0 Å². The smallest absolute Gasteiger partial charge is 0.272 e. The van der Waals surface area contributed by atoms with Crippen molar-refractivity contribution < 1.29 is 4.79 Å². The van der Waals surface area contributed by atoms with E-state index >= 15 is 0 Å². The van der Waals surface area contributed by atoms with E-state index in [1.54, 1.807) is 0 Å². The Morgan fingerprint density at radius 1 is 1.04 bits per heavy atom. The summed E-state index contributed by atoms with van der Waals surface area (Å²) < 4.78 is 2.08. The maximum atomic E-state index is 13.2. The molecule has 1 aromatic heterocycles. The van der Waals surface area contributed by atoms with Crippen LogP contribution in [0.1, 0.15) is 60.5 Å². The molecule has 0 saturated heterocycles. The number of imidazole rings is 1. The van der Waals surface area contributed by atoms with E-state index in [-0.39, 0.29) is 11.4 Å². The second-order valence-corrected chi connectivity index (χ2v) is 8.92. The topological polar surface area (TPSA) is 46.9 Å². The van der Waals surface area contributed by atoms with Crippen molar-refractivity contribution in [2.24, 2.45) is 17.8 Å². The van der Waals surface area contributed by atoms with Gasteiger partial charge in [-0.05, 0) is 82.3 Å². The van der Waals surface area contributed by atoms with Gasteiger partial charge in [0.25, 0.3) is 5.91 Å². The predicted octanol–water partition coefficient (Wildman–Crippen LogP) is 4.19. The molecule has 4 fully saturated rings. The zero-order valence-corrected chi connectivity index (χ0v) is 15.7. The fourth-order valence-corrected chi connectivity index (χ4v) is 6.38. The number of amides is 1. The fourth-order valence-electron chi connectivity index (χ4n) is 6.38. The third-order valence-electron chi connectivity index (χ3n) is 6.92. The molecule has 4 bridgehead atoms. The summed E-state index contributed by atoms with van der Waals surface area (Å²) in [5.74, 6) is 3.36. The Morgan fingerprint density at radius 3 is 2.19 bits per heavy atom. The van der Waals surface area contributed by atoms with Crippen LogP contribution in [0.4, 0.5) is 0 Å². The van der Waals surface area contributed by atoms with Crippen LogP contribution >= 0.6 is 0 Å². The number of rotatable bonds is 3. The van der Waals surface area contributed by atoms with Crippen molar-refractivity contribution in [1.29, 1.82) is 0 Å². The third-order valence-corrected chi connectivity index (χ3v) is 6.92. The van der Waals surface area contributed by atoms with E-state index in [2.05, 4.69) is 27.0 Å². The quantitative estimate of drug-likeness (QED) is 0.903. The highest BCUT2D eigenvalue weighted by molar-refractivity contribution is 5.94. The Bertz CT molecular complexity index is 816. The average Bonchev–Trinajstić information content (AvgIpc) is 2.88. The van der Waals surface area contributed by atoms with E-state index in [4.69, 9.17) is 0 Å². The molecule has 4 aliphatic carbocycles. The molecule has 1 amide bonds. The number of nitrogens with one attached hydrogen (secondary N) is 1. The molecule has 4 heteroatoms. The Balaban J connectivity index is 1.43. The molecule has 6 rings (SSSR count). The van der Waals surface area contributed by atoms with E-state index in [1.165, 1.54) is 38.5 Å². The summed E-state index contributed by atoms with van der Waals surface area (Å²) in [6.45, 7) is 3.98. The number of aryl methyl sites for hydroxylation is 1. The molecule has 0 aliphatic heterocycles. The maximum Gasteiger partial charge on any atom is 0.272 e. The summed E-state index contributed by atoms with van der Waals surface area (Å²) in [5, 5.41) is 3.46. The van der Waals surface area contributed by atoms with Gasteiger partial charge in [-0.25, -0.2) is 4.98 Å². The van der Waals surface area contributed by atoms with Crippen LogP contribution < -0.4 is 5.32 Å². The van der Waals surface area contributed by atoms with E-state index in [0.29, 0.717) is 5.69 Å². The molecule has 0 spiro atoms. The second-order valence-electron chi connectivity index (χ2n) is 8.92. The maximum absolute atomic E-state index is 13.2. The van der Waals surface area contributed by atoms with E-state index < -0.39 is 0 Å². The van der Waals surface area contributed by atoms with Gasteiger partial charge in [0.1, 0.15) is 11.5 Å². The zero-order valence-electron chi connectivity index (χ0n) is 15.7. The first-order valence-electron chi connectivity index (χ1n) is 9.97. The normalized spacial score (nSPS) is 32.0.